The molecule has 0 unspecified atom stereocenters. The molecule has 0 atom stereocenters. The van der Waals surface area contributed by atoms with Crippen molar-refractivity contribution in [1.82, 2.24) is 9.78 Å². The van der Waals surface area contributed by atoms with Crippen molar-refractivity contribution in [3.8, 4) is 11.5 Å². The van der Waals surface area contributed by atoms with Crippen molar-refractivity contribution in [1.29, 1.82) is 0 Å². The van der Waals surface area contributed by atoms with Gasteiger partial charge in [-0.3, -0.25) is 4.68 Å². The Hall–Kier alpha value is -1.81. The average molecular weight is 246 g/mol. The van der Waals surface area contributed by atoms with Gasteiger partial charge in [-0.05, 0) is 19.4 Å². The zero-order chi connectivity index (χ0) is 13.0. The summed E-state index contributed by atoms with van der Waals surface area (Å²) < 4.78 is 7.59. The van der Waals surface area contributed by atoms with E-state index in [-0.39, 0.29) is 6.61 Å². The van der Waals surface area contributed by atoms with Gasteiger partial charge in [0.1, 0.15) is 5.75 Å². The molecule has 2 aromatic rings. The molecule has 0 amide bonds. The molecule has 0 aliphatic carbocycles. The molecule has 4 nitrogen and oxygen atoms in total. The molecule has 96 valence electrons. The number of hydrogen-bond acceptors (Lipinski definition) is 3. The third kappa shape index (κ3) is 2.90. The Morgan fingerprint density at radius 3 is 2.94 bits per heavy atom. The minimum atomic E-state index is -0.0277. The number of aromatic nitrogens is 2. The third-order valence-electron chi connectivity index (χ3n) is 2.68. The van der Waals surface area contributed by atoms with E-state index in [1.54, 1.807) is 6.20 Å². The fraction of sp³-hybridized carbons (Fsp3) is 0.357. The summed E-state index contributed by atoms with van der Waals surface area (Å²) >= 11 is 0. The van der Waals surface area contributed by atoms with Gasteiger partial charge >= 0.3 is 0 Å². The highest BCUT2D eigenvalue weighted by Crippen LogP contribution is 2.26. The molecule has 0 saturated heterocycles. The van der Waals surface area contributed by atoms with E-state index < -0.39 is 0 Å². The summed E-state index contributed by atoms with van der Waals surface area (Å²) in [7, 11) is 0. The number of aliphatic hydroxyl groups is 1. The number of nitrogens with zero attached hydrogens (tertiary/aromatic N) is 2. The first-order valence-electron chi connectivity index (χ1n) is 6.13. The van der Waals surface area contributed by atoms with Crippen LogP contribution >= 0.6 is 0 Å². The maximum atomic E-state index is 9.31. The summed E-state index contributed by atoms with van der Waals surface area (Å²) in [5.74, 6) is 1.38. The van der Waals surface area contributed by atoms with Gasteiger partial charge in [0.15, 0.2) is 5.75 Å². The van der Waals surface area contributed by atoms with Crippen molar-refractivity contribution in [2.24, 2.45) is 0 Å². The maximum Gasteiger partial charge on any atom is 0.165 e. The van der Waals surface area contributed by atoms with Gasteiger partial charge < -0.3 is 9.84 Å². The average Bonchev–Trinajstić information content (AvgIpc) is 2.79. The molecule has 4 heteroatoms. The number of aryl methyl sites for hydroxylation is 2. The molecule has 0 aliphatic heterocycles. The minimum Gasteiger partial charge on any atom is -0.454 e. The smallest absolute Gasteiger partial charge is 0.165 e. The topological polar surface area (TPSA) is 47.3 Å². The monoisotopic (exact) mass is 246 g/mol. The quantitative estimate of drug-likeness (QED) is 0.882. The Morgan fingerprint density at radius 2 is 2.22 bits per heavy atom. The lowest BCUT2D eigenvalue weighted by molar-refractivity contribution is 0.276. The predicted molar refractivity (Wildman–Crippen MR) is 69.7 cm³/mol. The third-order valence-corrected chi connectivity index (χ3v) is 2.68. The Balaban J connectivity index is 2.17. The molecular formula is C14H18N2O2. The fourth-order valence-electron chi connectivity index (χ4n) is 1.81. The number of aliphatic hydroxyl groups excluding tert-OH is 1. The van der Waals surface area contributed by atoms with E-state index in [2.05, 4.69) is 12.0 Å². The lowest BCUT2D eigenvalue weighted by atomic mass is 10.1. The summed E-state index contributed by atoms with van der Waals surface area (Å²) in [5.41, 5.74) is 1.89. The van der Waals surface area contributed by atoms with Crippen LogP contribution in [0.25, 0.3) is 0 Å². The van der Waals surface area contributed by atoms with Crippen LogP contribution < -0.4 is 4.74 Å². The maximum absolute atomic E-state index is 9.31. The first-order chi connectivity index (χ1) is 8.72. The number of benzene rings is 1. The highest BCUT2D eigenvalue weighted by Gasteiger charge is 2.06. The predicted octanol–water partition coefficient (Wildman–Crippen LogP) is 2.89. The summed E-state index contributed by atoms with van der Waals surface area (Å²) in [5, 5.41) is 13.5. The largest absolute Gasteiger partial charge is 0.454 e. The summed E-state index contributed by atoms with van der Waals surface area (Å²) in [6, 6.07) is 5.76. The number of ether oxygens (including phenoxy) is 1. The molecular weight excluding hydrogens is 228 g/mol. The van der Waals surface area contributed by atoms with E-state index in [4.69, 9.17) is 4.74 Å². The van der Waals surface area contributed by atoms with Gasteiger partial charge in [0.2, 0.25) is 0 Å². The van der Waals surface area contributed by atoms with Crippen molar-refractivity contribution in [2.75, 3.05) is 0 Å². The number of rotatable bonds is 5. The summed E-state index contributed by atoms with van der Waals surface area (Å²) in [4.78, 5) is 0. The molecule has 18 heavy (non-hydrogen) atoms. The van der Waals surface area contributed by atoms with E-state index in [1.807, 2.05) is 36.0 Å². The second-order valence-electron chi connectivity index (χ2n) is 4.31. The summed E-state index contributed by atoms with van der Waals surface area (Å²) in [6.45, 7) is 4.94. The second kappa shape index (κ2) is 5.69. The van der Waals surface area contributed by atoms with Gasteiger partial charge in [-0.15, -0.1) is 0 Å². The van der Waals surface area contributed by atoms with Crippen molar-refractivity contribution < 1.29 is 9.84 Å². The van der Waals surface area contributed by atoms with Crippen LogP contribution in [-0.4, -0.2) is 14.9 Å². The van der Waals surface area contributed by atoms with E-state index in [9.17, 15) is 5.11 Å². The van der Waals surface area contributed by atoms with Gasteiger partial charge in [-0.1, -0.05) is 24.6 Å². The first kappa shape index (κ1) is 12.6. The molecule has 1 aromatic heterocycles. The highest BCUT2D eigenvalue weighted by atomic mass is 16.5. The van der Waals surface area contributed by atoms with Crippen molar-refractivity contribution in [3.63, 3.8) is 0 Å². The Bertz CT molecular complexity index is 520. The molecule has 2 rings (SSSR count). The van der Waals surface area contributed by atoms with E-state index in [1.165, 1.54) is 0 Å². The normalized spacial score (nSPS) is 10.6. The molecule has 0 fully saturated rings. The molecule has 0 saturated carbocycles. The standard InChI is InChI=1S/C14H18N2O2/c1-3-6-16-9-13(8-15-16)18-14-5-4-11(2)7-12(14)10-17/h4-5,7-9,17H,3,6,10H2,1-2H3. The molecule has 0 radical (unpaired) electrons. The first-order valence-corrected chi connectivity index (χ1v) is 6.13. The van der Waals surface area contributed by atoms with Crippen molar-refractivity contribution in [2.45, 2.75) is 33.4 Å². The van der Waals surface area contributed by atoms with Gasteiger partial charge in [0, 0.05) is 12.1 Å². The molecule has 1 N–H and O–H groups in total. The van der Waals surface area contributed by atoms with Crippen LogP contribution in [0.4, 0.5) is 0 Å². The van der Waals surface area contributed by atoms with Crippen LogP contribution in [-0.2, 0) is 13.2 Å². The van der Waals surface area contributed by atoms with Crippen molar-refractivity contribution in [3.05, 3.63) is 41.7 Å². The Morgan fingerprint density at radius 1 is 1.39 bits per heavy atom. The molecule has 0 aliphatic rings. The van der Waals surface area contributed by atoms with Crippen LogP contribution in [0.5, 0.6) is 11.5 Å². The van der Waals surface area contributed by atoms with Gasteiger partial charge in [0.25, 0.3) is 0 Å². The number of hydrogen-bond donors (Lipinski definition) is 1. The Labute approximate surface area is 107 Å². The van der Waals surface area contributed by atoms with E-state index in [0.29, 0.717) is 11.5 Å². The van der Waals surface area contributed by atoms with E-state index >= 15 is 0 Å². The molecule has 0 bridgehead atoms. The van der Waals surface area contributed by atoms with Gasteiger partial charge in [0.05, 0.1) is 19.0 Å². The molecule has 1 aromatic carbocycles. The molecule has 0 spiro atoms. The fourth-order valence-corrected chi connectivity index (χ4v) is 1.81. The van der Waals surface area contributed by atoms with Crippen LogP contribution in [0.3, 0.4) is 0 Å². The molecule has 1 heterocycles. The van der Waals surface area contributed by atoms with Crippen LogP contribution in [0.2, 0.25) is 0 Å². The SMILES string of the molecule is CCCn1cc(Oc2ccc(C)cc2CO)cn1. The Kier molecular flexibility index (Phi) is 3.99. The van der Waals surface area contributed by atoms with Crippen LogP contribution in [0.1, 0.15) is 24.5 Å². The van der Waals surface area contributed by atoms with Crippen LogP contribution in [0.15, 0.2) is 30.6 Å². The second-order valence-corrected chi connectivity index (χ2v) is 4.31. The van der Waals surface area contributed by atoms with Crippen LogP contribution in [0, 0.1) is 6.92 Å². The summed E-state index contributed by atoms with van der Waals surface area (Å²) in [6.07, 6.45) is 4.59. The van der Waals surface area contributed by atoms with Gasteiger partial charge in [-0.2, -0.15) is 5.10 Å². The lowest BCUT2D eigenvalue weighted by Crippen LogP contribution is -1.95. The van der Waals surface area contributed by atoms with Crippen molar-refractivity contribution >= 4 is 0 Å². The highest BCUT2D eigenvalue weighted by molar-refractivity contribution is 5.39. The lowest BCUT2D eigenvalue weighted by Gasteiger charge is -2.08. The zero-order valence-corrected chi connectivity index (χ0v) is 10.8. The van der Waals surface area contributed by atoms with E-state index in [0.717, 1.165) is 24.1 Å². The zero-order valence-electron chi connectivity index (χ0n) is 10.8. The van der Waals surface area contributed by atoms with Gasteiger partial charge in [-0.25, -0.2) is 0 Å². The minimum absolute atomic E-state index is 0.0277.